The first-order valence-electron chi connectivity index (χ1n) is 12.7. The quantitative estimate of drug-likeness (QED) is 0.156. The Kier molecular flexibility index (Phi) is 8.36. The average Bonchev–Trinajstić information content (AvgIpc) is 3.23. The third-order valence-corrected chi connectivity index (χ3v) is 7.26. The van der Waals surface area contributed by atoms with E-state index < -0.39 is 17.6 Å². The number of nitrogens with one attached hydrogen (secondary N) is 2. The molecule has 0 unspecified atom stereocenters. The van der Waals surface area contributed by atoms with Crippen LogP contribution in [0.1, 0.15) is 36.6 Å². The van der Waals surface area contributed by atoms with Crippen LogP contribution in [0.3, 0.4) is 0 Å². The summed E-state index contributed by atoms with van der Waals surface area (Å²) in [6, 6.07) is 28.1. The highest BCUT2D eigenvalue weighted by atomic mass is 32.2. The highest BCUT2D eigenvalue weighted by Gasteiger charge is 2.34. The van der Waals surface area contributed by atoms with Gasteiger partial charge in [0.15, 0.2) is 0 Å². The minimum absolute atomic E-state index is 0.132. The summed E-state index contributed by atoms with van der Waals surface area (Å²) in [4.78, 5) is 53.3. The maximum absolute atomic E-state index is 14.4. The van der Waals surface area contributed by atoms with Crippen molar-refractivity contribution in [1.29, 1.82) is 0 Å². The Balaban J connectivity index is 1.27. The van der Waals surface area contributed by atoms with E-state index in [-0.39, 0.29) is 29.6 Å². The Labute approximate surface area is 240 Å². The number of amides is 4. The standard InChI is InChI=1S/C32H24FN3O4S/c33-27-16-7-4-11-22(27)19-28(35-29(37)21-9-2-1-3-10-21)30(38)34-23-12-8-13-24(20-23)41-18-17-36-31(39)25-14-5-6-15-26(25)32(36)40/h1-16,19-20H,17-18H2,(H,34,38)(H,35,37)/b28-19+. The van der Waals surface area contributed by atoms with E-state index in [9.17, 15) is 23.6 Å². The molecule has 0 saturated carbocycles. The molecule has 0 aliphatic carbocycles. The fraction of sp³-hybridized carbons (Fsp3) is 0.0625. The van der Waals surface area contributed by atoms with E-state index in [1.807, 2.05) is 6.07 Å². The molecule has 4 aromatic rings. The monoisotopic (exact) mass is 565 g/mol. The van der Waals surface area contributed by atoms with E-state index in [0.717, 1.165) is 4.90 Å². The van der Waals surface area contributed by atoms with Crippen LogP contribution >= 0.6 is 11.8 Å². The second kappa shape index (κ2) is 12.4. The Hall–Kier alpha value is -5.02. The molecule has 1 heterocycles. The first-order chi connectivity index (χ1) is 19.9. The van der Waals surface area contributed by atoms with Gasteiger partial charge in [0, 0.05) is 34.0 Å². The number of anilines is 1. The number of rotatable bonds is 9. The summed E-state index contributed by atoms with van der Waals surface area (Å²) in [5.74, 6) is -1.85. The molecule has 7 nitrogen and oxygen atoms in total. The topological polar surface area (TPSA) is 95.6 Å². The van der Waals surface area contributed by atoms with Crippen LogP contribution in [0, 0.1) is 5.82 Å². The molecule has 0 radical (unpaired) electrons. The number of imide groups is 1. The summed E-state index contributed by atoms with van der Waals surface area (Å²) < 4.78 is 14.4. The van der Waals surface area contributed by atoms with Crippen molar-refractivity contribution in [1.82, 2.24) is 10.2 Å². The number of thioether (sulfide) groups is 1. The van der Waals surface area contributed by atoms with Crippen LogP contribution in [-0.2, 0) is 4.79 Å². The summed E-state index contributed by atoms with van der Waals surface area (Å²) in [6.07, 6.45) is 1.28. The number of carbonyl (C=O) groups excluding carboxylic acids is 4. The molecule has 1 aliphatic rings. The van der Waals surface area contributed by atoms with Crippen LogP contribution in [0.25, 0.3) is 6.08 Å². The largest absolute Gasteiger partial charge is 0.321 e. The van der Waals surface area contributed by atoms with Crippen LogP contribution in [0.15, 0.2) is 114 Å². The lowest BCUT2D eigenvalue weighted by molar-refractivity contribution is -0.113. The van der Waals surface area contributed by atoms with Crippen molar-refractivity contribution in [3.8, 4) is 0 Å². The minimum Gasteiger partial charge on any atom is -0.321 e. The van der Waals surface area contributed by atoms with Crippen LogP contribution in [0.4, 0.5) is 10.1 Å². The molecular weight excluding hydrogens is 541 g/mol. The third kappa shape index (κ3) is 6.42. The number of benzene rings is 4. The van der Waals surface area contributed by atoms with Crippen molar-refractivity contribution in [2.24, 2.45) is 0 Å². The van der Waals surface area contributed by atoms with Gasteiger partial charge in [-0.1, -0.05) is 54.6 Å². The molecule has 0 aromatic heterocycles. The molecule has 0 atom stereocenters. The van der Waals surface area contributed by atoms with Crippen molar-refractivity contribution >= 4 is 47.2 Å². The van der Waals surface area contributed by atoms with Crippen molar-refractivity contribution < 1.29 is 23.6 Å². The Morgan fingerprint density at radius 1 is 0.805 bits per heavy atom. The molecule has 1 aliphatic heterocycles. The molecule has 4 amide bonds. The zero-order valence-corrected chi connectivity index (χ0v) is 22.5. The van der Waals surface area contributed by atoms with Gasteiger partial charge in [-0.3, -0.25) is 24.1 Å². The van der Waals surface area contributed by atoms with E-state index in [4.69, 9.17) is 0 Å². The minimum atomic E-state index is -0.634. The number of carbonyl (C=O) groups is 4. The summed E-state index contributed by atoms with van der Waals surface area (Å²) in [7, 11) is 0. The Bertz CT molecular complexity index is 1640. The van der Waals surface area contributed by atoms with Gasteiger partial charge < -0.3 is 10.6 Å². The van der Waals surface area contributed by atoms with Gasteiger partial charge in [0.2, 0.25) is 0 Å². The SMILES string of the molecule is O=C(Nc1cccc(SCCN2C(=O)c3ccccc3C2=O)c1)/C(=C\c1ccccc1F)NC(=O)c1ccccc1. The zero-order chi connectivity index (χ0) is 28.8. The number of nitrogens with zero attached hydrogens (tertiary/aromatic N) is 1. The third-order valence-electron chi connectivity index (χ3n) is 6.29. The van der Waals surface area contributed by atoms with Crippen LogP contribution in [-0.4, -0.2) is 40.8 Å². The Morgan fingerprint density at radius 2 is 1.46 bits per heavy atom. The average molecular weight is 566 g/mol. The van der Waals surface area contributed by atoms with Crippen molar-refractivity contribution in [2.75, 3.05) is 17.6 Å². The van der Waals surface area contributed by atoms with Gasteiger partial charge in [-0.05, 0) is 54.6 Å². The van der Waals surface area contributed by atoms with E-state index >= 15 is 0 Å². The van der Waals surface area contributed by atoms with E-state index in [2.05, 4.69) is 10.6 Å². The summed E-state index contributed by atoms with van der Waals surface area (Å²) in [6.45, 7) is 0.231. The number of hydrogen-bond acceptors (Lipinski definition) is 5. The molecule has 4 aromatic carbocycles. The number of fused-ring (bicyclic) bond motifs is 1. The molecule has 204 valence electrons. The predicted molar refractivity (Wildman–Crippen MR) is 156 cm³/mol. The molecule has 2 N–H and O–H groups in total. The summed E-state index contributed by atoms with van der Waals surface area (Å²) in [5, 5.41) is 5.35. The second-order valence-electron chi connectivity index (χ2n) is 9.04. The van der Waals surface area contributed by atoms with E-state index in [1.165, 1.54) is 40.9 Å². The smallest absolute Gasteiger partial charge is 0.272 e. The molecule has 9 heteroatoms. The zero-order valence-electron chi connectivity index (χ0n) is 21.7. The normalized spacial score (nSPS) is 12.7. The highest BCUT2D eigenvalue weighted by molar-refractivity contribution is 7.99. The molecule has 5 rings (SSSR count). The molecular formula is C32H24FN3O4S. The van der Waals surface area contributed by atoms with Crippen molar-refractivity contribution in [2.45, 2.75) is 4.90 Å². The summed E-state index contributed by atoms with van der Waals surface area (Å²) >= 11 is 1.42. The molecule has 0 saturated heterocycles. The second-order valence-corrected chi connectivity index (χ2v) is 10.2. The lowest BCUT2D eigenvalue weighted by Gasteiger charge is -2.14. The lowest BCUT2D eigenvalue weighted by atomic mass is 10.1. The highest BCUT2D eigenvalue weighted by Crippen LogP contribution is 2.26. The van der Waals surface area contributed by atoms with Gasteiger partial charge in [0.05, 0.1) is 11.1 Å². The molecule has 0 fully saturated rings. The fourth-order valence-electron chi connectivity index (χ4n) is 4.25. The van der Waals surface area contributed by atoms with E-state index in [0.29, 0.717) is 28.1 Å². The van der Waals surface area contributed by atoms with Crippen molar-refractivity contribution in [3.05, 3.63) is 137 Å². The van der Waals surface area contributed by atoms with E-state index in [1.54, 1.807) is 78.9 Å². The predicted octanol–water partition coefficient (Wildman–Crippen LogP) is 5.62. The maximum atomic E-state index is 14.4. The number of hydrogen-bond donors (Lipinski definition) is 2. The van der Waals surface area contributed by atoms with Gasteiger partial charge in [-0.2, -0.15) is 0 Å². The summed E-state index contributed by atoms with van der Waals surface area (Å²) in [5.41, 5.74) is 1.62. The fourth-order valence-corrected chi connectivity index (χ4v) is 5.14. The van der Waals surface area contributed by atoms with Gasteiger partial charge in [0.1, 0.15) is 11.5 Å². The van der Waals surface area contributed by atoms with Gasteiger partial charge in [-0.25, -0.2) is 4.39 Å². The maximum Gasteiger partial charge on any atom is 0.272 e. The van der Waals surface area contributed by atoms with Crippen LogP contribution in [0.5, 0.6) is 0 Å². The first-order valence-corrected chi connectivity index (χ1v) is 13.7. The van der Waals surface area contributed by atoms with Crippen LogP contribution < -0.4 is 10.6 Å². The van der Waals surface area contributed by atoms with Gasteiger partial charge in [0.25, 0.3) is 23.6 Å². The lowest BCUT2D eigenvalue weighted by Crippen LogP contribution is -2.31. The molecule has 41 heavy (non-hydrogen) atoms. The first kappa shape index (κ1) is 27.5. The Morgan fingerprint density at radius 3 is 2.17 bits per heavy atom. The van der Waals surface area contributed by atoms with Crippen LogP contribution in [0.2, 0.25) is 0 Å². The molecule has 0 spiro atoms. The molecule has 0 bridgehead atoms. The van der Waals surface area contributed by atoms with Gasteiger partial charge >= 0.3 is 0 Å². The van der Waals surface area contributed by atoms with Crippen molar-refractivity contribution in [3.63, 3.8) is 0 Å². The van der Waals surface area contributed by atoms with Gasteiger partial charge in [-0.15, -0.1) is 11.8 Å². The number of halogens is 1.